The Morgan fingerprint density at radius 1 is 1.57 bits per heavy atom. The average Bonchev–Trinajstić information content (AvgIpc) is 2.47. The van der Waals surface area contributed by atoms with Gasteiger partial charge in [0.2, 0.25) is 0 Å². The van der Waals surface area contributed by atoms with E-state index in [-0.39, 0.29) is 5.56 Å². The molecule has 0 bridgehead atoms. The molecular weight excluding hydrogens is 264 g/mol. The minimum absolute atomic E-state index is 0.111. The molecule has 0 saturated carbocycles. The molecule has 74 valence electrons. The monoisotopic (exact) mass is 272 g/mol. The summed E-state index contributed by atoms with van der Waals surface area (Å²) in [4.78, 5) is 11.4. The maximum Gasteiger partial charge on any atom is 0.282 e. The minimum Gasteiger partial charge on any atom is -0.266 e. The fourth-order valence-corrected chi connectivity index (χ4v) is 2.88. The molecule has 2 rings (SSSR count). The zero-order chi connectivity index (χ0) is 10.3. The molecule has 0 spiro atoms. The molecule has 0 aliphatic carbocycles. The number of thiophene rings is 1. The van der Waals surface area contributed by atoms with Gasteiger partial charge in [0, 0.05) is 5.39 Å². The van der Waals surface area contributed by atoms with Crippen molar-refractivity contribution >= 4 is 37.4 Å². The Labute approximate surface area is 93.3 Å². The van der Waals surface area contributed by atoms with Crippen molar-refractivity contribution in [2.45, 2.75) is 19.8 Å². The first kappa shape index (κ1) is 9.86. The van der Waals surface area contributed by atoms with E-state index >= 15 is 0 Å². The average molecular weight is 273 g/mol. The highest BCUT2D eigenvalue weighted by molar-refractivity contribution is 9.11. The van der Waals surface area contributed by atoms with Crippen LogP contribution in [0.1, 0.15) is 25.5 Å². The molecular formula is C9H9BrN2OS. The first-order valence-electron chi connectivity index (χ1n) is 4.27. The number of fused-ring (bicyclic) bond motifs is 1. The molecule has 0 unspecified atom stereocenters. The van der Waals surface area contributed by atoms with Crippen molar-refractivity contribution in [3.8, 4) is 0 Å². The van der Waals surface area contributed by atoms with E-state index in [2.05, 4.69) is 40.0 Å². The van der Waals surface area contributed by atoms with Crippen molar-refractivity contribution in [3.05, 3.63) is 25.9 Å². The van der Waals surface area contributed by atoms with Crippen LogP contribution in [0.4, 0.5) is 0 Å². The van der Waals surface area contributed by atoms with E-state index in [4.69, 9.17) is 0 Å². The zero-order valence-corrected chi connectivity index (χ0v) is 10.2. The van der Waals surface area contributed by atoms with E-state index in [0.29, 0.717) is 5.92 Å². The molecule has 0 fully saturated rings. The summed E-state index contributed by atoms with van der Waals surface area (Å²) in [5.74, 6) is 0.316. The first-order valence-corrected chi connectivity index (χ1v) is 5.88. The molecule has 3 nitrogen and oxygen atoms in total. The maximum atomic E-state index is 11.4. The topological polar surface area (TPSA) is 45.8 Å². The van der Waals surface area contributed by atoms with E-state index in [1.807, 2.05) is 6.07 Å². The third kappa shape index (κ3) is 1.50. The molecule has 0 aromatic carbocycles. The Hall–Kier alpha value is -0.680. The molecule has 5 heteroatoms. The molecule has 1 N–H and O–H groups in total. The Bertz CT molecular complexity index is 529. The van der Waals surface area contributed by atoms with Gasteiger partial charge in [-0.25, -0.2) is 5.10 Å². The van der Waals surface area contributed by atoms with E-state index in [9.17, 15) is 4.79 Å². The molecule has 0 radical (unpaired) electrons. The van der Waals surface area contributed by atoms with Gasteiger partial charge in [-0.1, -0.05) is 13.8 Å². The summed E-state index contributed by atoms with van der Waals surface area (Å²) < 4.78 is 1.71. The summed E-state index contributed by atoms with van der Waals surface area (Å²) in [7, 11) is 0. The van der Waals surface area contributed by atoms with Crippen LogP contribution in [0.3, 0.4) is 0 Å². The molecule has 2 aromatic heterocycles. The van der Waals surface area contributed by atoms with Crippen molar-refractivity contribution < 1.29 is 0 Å². The van der Waals surface area contributed by atoms with Crippen LogP contribution in [0.15, 0.2) is 14.6 Å². The van der Waals surface area contributed by atoms with Gasteiger partial charge in [-0.15, -0.1) is 11.3 Å². The van der Waals surface area contributed by atoms with Crippen LogP contribution in [0, 0.1) is 0 Å². The first-order chi connectivity index (χ1) is 6.59. The number of nitrogens with one attached hydrogen (secondary N) is 1. The highest BCUT2D eigenvalue weighted by Gasteiger charge is 2.12. The molecule has 0 aliphatic heterocycles. The normalized spacial score (nSPS) is 11.4. The van der Waals surface area contributed by atoms with Crippen LogP contribution < -0.4 is 5.56 Å². The van der Waals surface area contributed by atoms with Crippen LogP contribution in [0.5, 0.6) is 0 Å². The van der Waals surface area contributed by atoms with Gasteiger partial charge in [0.25, 0.3) is 5.56 Å². The number of nitrogens with zero attached hydrogens (tertiary/aromatic N) is 1. The van der Waals surface area contributed by atoms with Crippen LogP contribution in [0.2, 0.25) is 0 Å². The lowest BCUT2D eigenvalue weighted by atomic mass is 10.1. The van der Waals surface area contributed by atoms with Crippen LogP contribution >= 0.6 is 27.3 Å². The molecule has 0 atom stereocenters. The van der Waals surface area contributed by atoms with Crippen molar-refractivity contribution in [1.82, 2.24) is 10.2 Å². The standard InChI is InChI=1S/C9H9BrN2OS/c1-4(2)7-5-3-6(10)14-8(5)9(13)12-11-7/h3-4H,1-2H3,(H,12,13). The van der Waals surface area contributed by atoms with Crippen LogP contribution in [-0.2, 0) is 0 Å². The van der Waals surface area contributed by atoms with Gasteiger partial charge in [-0.3, -0.25) is 4.79 Å². The fourth-order valence-electron chi connectivity index (χ4n) is 1.38. The highest BCUT2D eigenvalue weighted by Crippen LogP contribution is 2.30. The second-order valence-electron chi connectivity index (χ2n) is 3.39. The molecule has 0 aliphatic rings. The zero-order valence-electron chi connectivity index (χ0n) is 7.80. The smallest absolute Gasteiger partial charge is 0.266 e. The lowest BCUT2D eigenvalue weighted by Gasteiger charge is -2.03. The second-order valence-corrected chi connectivity index (χ2v) is 5.82. The highest BCUT2D eigenvalue weighted by atomic mass is 79.9. The van der Waals surface area contributed by atoms with Gasteiger partial charge < -0.3 is 0 Å². The second kappa shape index (κ2) is 3.47. The van der Waals surface area contributed by atoms with E-state index < -0.39 is 0 Å². The van der Waals surface area contributed by atoms with Gasteiger partial charge in [-0.2, -0.15) is 5.10 Å². The van der Waals surface area contributed by atoms with Crippen molar-refractivity contribution in [2.75, 3.05) is 0 Å². The van der Waals surface area contributed by atoms with E-state index in [0.717, 1.165) is 19.6 Å². The summed E-state index contributed by atoms with van der Waals surface area (Å²) in [6.07, 6.45) is 0. The van der Waals surface area contributed by atoms with Crippen molar-refractivity contribution in [3.63, 3.8) is 0 Å². The molecule has 0 amide bonds. The quantitative estimate of drug-likeness (QED) is 0.868. The Kier molecular flexibility index (Phi) is 2.45. The van der Waals surface area contributed by atoms with Crippen LogP contribution in [-0.4, -0.2) is 10.2 Å². The maximum absolute atomic E-state index is 11.4. The van der Waals surface area contributed by atoms with Crippen LogP contribution in [0.25, 0.3) is 10.1 Å². The summed E-state index contributed by atoms with van der Waals surface area (Å²) >= 11 is 4.82. The van der Waals surface area contributed by atoms with Crippen molar-refractivity contribution in [1.29, 1.82) is 0 Å². The Morgan fingerprint density at radius 3 is 2.93 bits per heavy atom. The molecule has 14 heavy (non-hydrogen) atoms. The van der Waals surface area contributed by atoms with Gasteiger partial charge >= 0.3 is 0 Å². The SMILES string of the molecule is CC(C)c1n[nH]c(=O)c2sc(Br)cc12. The number of rotatable bonds is 1. The summed E-state index contributed by atoms with van der Waals surface area (Å²) in [5, 5.41) is 7.55. The van der Waals surface area contributed by atoms with E-state index in [1.165, 1.54) is 11.3 Å². The summed E-state index contributed by atoms with van der Waals surface area (Å²) in [6.45, 7) is 4.12. The van der Waals surface area contributed by atoms with Gasteiger partial charge in [0.15, 0.2) is 0 Å². The molecule has 2 heterocycles. The lowest BCUT2D eigenvalue weighted by molar-refractivity contribution is 0.793. The third-order valence-electron chi connectivity index (χ3n) is 2.01. The number of halogens is 1. The van der Waals surface area contributed by atoms with Gasteiger partial charge in [-0.05, 0) is 27.9 Å². The Balaban J connectivity index is 2.88. The largest absolute Gasteiger partial charge is 0.282 e. The lowest BCUT2D eigenvalue weighted by Crippen LogP contribution is -2.09. The molecule has 0 saturated heterocycles. The number of hydrogen-bond donors (Lipinski definition) is 1. The predicted molar refractivity (Wildman–Crippen MR) is 62.0 cm³/mol. The van der Waals surface area contributed by atoms with E-state index in [1.54, 1.807) is 0 Å². The third-order valence-corrected chi connectivity index (χ3v) is 3.65. The molecule has 2 aromatic rings. The Morgan fingerprint density at radius 2 is 2.29 bits per heavy atom. The minimum atomic E-state index is -0.111. The number of hydrogen-bond acceptors (Lipinski definition) is 3. The summed E-state index contributed by atoms with van der Waals surface area (Å²) in [5.41, 5.74) is 0.835. The predicted octanol–water partition coefficient (Wildman–Crippen LogP) is 2.87. The van der Waals surface area contributed by atoms with Gasteiger partial charge in [0.05, 0.1) is 9.48 Å². The summed E-state index contributed by atoms with van der Waals surface area (Å²) in [6, 6.07) is 1.96. The number of aromatic amines is 1. The van der Waals surface area contributed by atoms with Crippen molar-refractivity contribution in [2.24, 2.45) is 0 Å². The fraction of sp³-hybridized carbons (Fsp3) is 0.333. The number of H-pyrrole nitrogens is 1. The van der Waals surface area contributed by atoms with Gasteiger partial charge in [0.1, 0.15) is 4.70 Å². The number of aromatic nitrogens is 2.